The summed E-state index contributed by atoms with van der Waals surface area (Å²) in [5.74, 6) is -0.811. The fourth-order valence-corrected chi connectivity index (χ4v) is 4.30. The molecule has 0 saturated carbocycles. The predicted molar refractivity (Wildman–Crippen MR) is 120 cm³/mol. The predicted octanol–water partition coefficient (Wildman–Crippen LogP) is 5.08. The van der Waals surface area contributed by atoms with E-state index in [-0.39, 0.29) is 28.9 Å². The number of hydrogen-bond acceptors (Lipinski definition) is 5. The number of alkyl halides is 3. The van der Waals surface area contributed by atoms with Crippen molar-refractivity contribution >= 4 is 17.2 Å². The number of hydrogen-bond donors (Lipinski definition) is 1. The minimum atomic E-state index is -4.60. The lowest BCUT2D eigenvalue weighted by atomic mass is 9.95. The van der Waals surface area contributed by atoms with Crippen LogP contribution in [0.2, 0.25) is 0 Å². The number of benzene rings is 1. The van der Waals surface area contributed by atoms with E-state index in [9.17, 15) is 18.0 Å². The van der Waals surface area contributed by atoms with E-state index in [1.807, 2.05) is 24.6 Å². The molecule has 182 valence electrons. The van der Waals surface area contributed by atoms with Gasteiger partial charge in [0.2, 0.25) is 0 Å². The van der Waals surface area contributed by atoms with E-state index in [2.05, 4.69) is 31.2 Å². The summed E-state index contributed by atoms with van der Waals surface area (Å²) in [6, 6.07) is 2.70. The van der Waals surface area contributed by atoms with Crippen molar-refractivity contribution in [1.29, 1.82) is 0 Å². The third-order valence-electron chi connectivity index (χ3n) is 5.02. The van der Waals surface area contributed by atoms with Gasteiger partial charge in [-0.15, -0.1) is 11.3 Å². The highest BCUT2D eigenvalue weighted by atomic mass is 32.1. The first-order valence-electron chi connectivity index (χ1n) is 10.9. The first-order chi connectivity index (χ1) is 15.3. The monoisotopic (exact) mass is 485 g/mol. The Hall–Kier alpha value is -2.17. The smallest absolute Gasteiger partial charge is 0.408 e. The maximum atomic E-state index is 13.3. The number of aromatic nitrogens is 1. The molecule has 0 radical (unpaired) electrons. The summed E-state index contributed by atoms with van der Waals surface area (Å²) in [6.07, 6.45) is -0.748. The molecule has 1 amide bonds. The van der Waals surface area contributed by atoms with Crippen molar-refractivity contribution in [2.45, 2.75) is 77.7 Å². The molecular formula is C23H30F3N3O3S. The highest BCUT2D eigenvalue weighted by molar-refractivity contribution is 7.09. The molecule has 0 spiro atoms. The molecule has 1 N–H and O–H groups in total. The zero-order valence-corrected chi connectivity index (χ0v) is 20.3. The Morgan fingerprint density at radius 1 is 1.33 bits per heavy atom. The lowest BCUT2D eigenvalue weighted by molar-refractivity contribution is -0.137. The van der Waals surface area contributed by atoms with Crippen LogP contribution in [-0.2, 0) is 22.9 Å². The first kappa shape index (κ1) is 25.5. The van der Waals surface area contributed by atoms with Crippen molar-refractivity contribution in [3.8, 4) is 5.75 Å². The van der Waals surface area contributed by atoms with Gasteiger partial charge in [0, 0.05) is 23.7 Å². The number of hydroxylamine groups is 1. The number of halogens is 3. The Bertz CT molecular complexity index is 1050. The first-order valence-corrected chi connectivity index (χ1v) is 11.7. The molecule has 1 aromatic carbocycles. The third kappa shape index (κ3) is 6.68. The maximum Gasteiger partial charge on any atom is 0.416 e. The summed E-state index contributed by atoms with van der Waals surface area (Å²) >= 11 is 1.35. The molecule has 0 aliphatic carbocycles. The van der Waals surface area contributed by atoms with Crippen LogP contribution in [0.4, 0.5) is 13.2 Å². The Labute approximate surface area is 195 Å². The van der Waals surface area contributed by atoms with Crippen LogP contribution in [0.5, 0.6) is 5.75 Å². The highest BCUT2D eigenvalue weighted by Gasteiger charge is 2.32. The molecule has 33 heavy (non-hydrogen) atoms. The zero-order valence-electron chi connectivity index (χ0n) is 19.5. The van der Waals surface area contributed by atoms with Crippen molar-refractivity contribution < 1.29 is 27.5 Å². The summed E-state index contributed by atoms with van der Waals surface area (Å²) in [7, 11) is 0. The second-order valence-corrected chi connectivity index (χ2v) is 10.4. The Morgan fingerprint density at radius 2 is 2.06 bits per heavy atom. The molecule has 1 aliphatic heterocycles. The van der Waals surface area contributed by atoms with Crippen molar-refractivity contribution in [2.75, 3.05) is 6.61 Å². The number of rotatable bonds is 6. The summed E-state index contributed by atoms with van der Waals surface area (Å²) in [6.45, 7) is 11.0. The van der Waals surface area contributed by atoms with Gasteiger partial charge in [0.25, 0.3) is 5.91 Å². The van der Waals surface area contributed by atoms with E-state index in [0.717, 1.165) is 35.9 Å². The summed E-state index contributed by atoms with van der Waals surface area (Å²) in [5, 5.41) is 0. The fourth-order valence-electron chi connectivity index (χ4n) is 3.24. The Morgan fingerprint density at radius 3 is 2.64 bits per heavy atom. The molecule has 6 nitrogen and oxygen atoms in total. The fraction of sp³-hybridized carbons (Fsp3) is 0.565. The molecule has 1 atom stereocenters. The van der Waals surface area contributed by atoms with Crippen LogP contribution >= 0.6 is 11.3 Å². The summed E-state index contributed by atoms with van der Waals surface area (Å²) < 4.78 is 47.5. The molecular weight excluding hydrogens is 455 g/mol. The van der Waals surface area contributed by atoms with Crippen LogP contribution in [0.15, 0.2) is 29.4 Å². The molecule has 2 heterocycles. The van der Waals surface area contributed by atoms with E-state index in [1.54, 1.807) is 0 Å². The molecule has 1 aliphatic rings. The van der Waals surface area contributed by atoms with Gasteiger partial charge < -0.3 is 14.1 Å². The molecule has 0 unspecified atom stereocenters. The summed E-state index contributed by atoms with van der Waals surface area (Å²) in [4.78, 5) is 24.2. The van der Waals surface area contributed by atoms with Crippen LogP contribution in [0, 0.1) is 0 Å². The van der Waals surface area contributed by atoms with Crippen LogP contribution in [0.1, 0.15) is 68.3 Å². The van der Waals surface area contributed by atoms with Crippen LogP contribution < -0.4 is 15.1 Å². The average molecular weight is 486 g/mol. The number of ether oxygens (including phenoxy) is 1. The summed E-state index contributed by atoms with van der Waals surface area (Å²) in [5.41, 5.74) is 1.30. The van der Waals surface area contributed by atoms with Gasteiger partial charge in [0.15, 0.2) is 10.6 Å². The van der Waals surface area contributed by atoms with Gasteiger partial charge in [-0.1, -0.05) is 20.8 Å². The molecule has 1 fully saturated rings. The number of nitrogens with one attached hydrogen (secondary N) is 1. The van der Waals surface area contributed by atoms with Crippen molar-refractivity contribution in [3.63, 3.8) is 0 Å². The largest absolute Gasteiger partial charge is 0.416 e. The highest BCUT2D eigenvalue weighted by Crippen LogP contribution is 2.33. The number of thiazole rings is 1. The maximum absolute atomic E-state index is 13.3. The van der Waals surface area contributed by atoms with Crippen LogP contribution in [0.3, 0.4) is 0 Å². The number of carbonyl (C=O) groups is 1. The Balaban J connectivity index is 2.04. The zero-order chi connectivity index (χ0) is 24.4. The quantitative estimate of drug-likeness (QED) is 0.580. The number of nitrogens with zero attached hydrogens (tertiary/aromatic N) is 2. The SMILES string of the molecule is CC(C)NOc1ccc(C(F)(F)F)cc1C(=O)N=c1sc(C(C)(C)C)cn1C[C@H]1CCCO1. The standard InChI is InChI=1S/C23H30F3N3O3S/c1-14(2)28-32-18-9-8-15(23(24,25)26)11-17(18)20(30)27-21-29(12-16-7-6-10-31-16)13-19(33-21)22(3,4)5/h8-9,11,13-14,16,28H,6-7,10,12H2,1-5H3/t16-/m1/s1. The van der Waals surface area contributed by atoms with E-state index in [0.29, 0.717) is 18.0 Å². The minimum absolute atomic E-state index is 0.0104. The molecule has 1 aromatic heterocycles. The van der Waals surface area contributed by atoms with Crippen LogP contribution in [-0.4, -0.2) is 29.2 Å². The van der Waals surface area contributed by atoms with Crippen molar-refractivity contribution in [1.82, 2.24) is 10.0 Å². The van der Waals surface area contributed by atoms with E-state index < -0.39 is 17.6 Å². The van der Waals surface area contributed by atoms with Gasteiger partial charge in [0.05, 0.1) is 23.8 Å². The number of amides is 1. The van der Waals surface area contributed by atoms with Crippen molar-refractivity contribution in [3.05, 3.63) is 45.2 Å². The van der Waals surface area contributed by atoms with Gasteiger partial charge in [-0.2, -0.15) is 23.6 Å². The number of carbonyl (C=O) groups excluding carboxylic acids is 1. The molecule has 2 aromatic rings. The molecule has 0 bridgehead atoms. The van der Waals surface area contributed by atoms with E-state index in [1.165, 1.54) is 11.3 Å². The molecule has 3 rings (SSSR count). The van der Waals surface area contributed by atoms with E-state index in [4.69, 9.17) is 9.57 Å². The average Bonchev–Trinajstić information content (AvgIpc) is 3.36. The van der Waals surface area contributed by atoms with Gasteiger partial charge in [-0.25, -0.2) is 0 Å². The van der Waals surface area contributed by atoms with Gasteiger partial charge in [-0.05, 0) is 50.3 Å². The van der Waals surface area contributed by atoms with Crippen LogP contribution in [0.25, 0.3) is 0 Å². The lowest BCUT2D eigenvalue weighted by Crippen LogP contribution is -2.27. The lowest BCUT2D eigenvalue weighted by Gasteiger charge is -2.15. The topological polar surface area (TPSA) is 64.8 Å². The molecule has 1 saturated heterocycles. The minimum Gasteiger partial charge on any atom is -0.408 e. The van der Waals surface area contributed by atoms with Gasteiger partial charge in [-0.3, -0.25) is 4.79 Å². The third-order valence-corrected chi connectivity index (χ3v) is 6.47. The van der Waals surface area contributed by atoms with Gasteiger partial charge >= 0.3 is 6.18 Å². The van der Waals surface area contributed by atoms with Crippen molar-refractivity contribution in [2.24, 2.45) is 4.99 Å². The normalized spacial score (nSPS) is 17.7. The second-order valence-electron chi connectivity index (χ2n) is 9.42. The van der Waals surface area contributed by atoms with Gasteiger partial charge in [0.1, 0.15) is 0 Å². The van der Waals surface area contributed by atoms with E-state index >= 15 is 0 Å². The molecule has 10 heteroatoms. The Kier molecular flexibility index (Phi) is 7.70. The second kappa shape index (κ2) is 9.99.